The maximum absolute atomic E-state index is 11.8. The minimum atomic E-state index is -0.452. The molecule has 0 fully saturated rings. The molecule has 0 atom stereocenters. The molecule has 1 aromatic carbocycles. The average molecular weight is 250 g/mol. The molecular formula is C13H18N2O3. The Labute approximate surface area is 107 Å². The second-order valence-corrected chi connectivity index (χ2v) is 4.19. The summed E-state index contributed by atoms with van der Waals surface area (Å²) >= 11 is 0. The van der Waals surface area contributed by atoms with E-state index in [1.165, 1.54) is 4.90 Å². The van der Waals surface area contributed by atoms with E-state index in [0.29, 0.717) is 16.8 Å². The van der Waals surface area contributed by atoms with Gasteiger partial charge in [0, 0.05) is 19.8 Å². The van der Waals surface area contributed by atoms with E-state index in [1.807, 2.05) is 0 Å². The van der Waals surface area contributed by atoms with Crippen LogP contribution < -0.4 is 5.73 Å². The summed E-state index contributed by atoms with van der Waals surface area (Å²) in [4.78, 5) is 24.5. The van der Waals surface area contributed by atoms with Gasteiger partial charge in [-0.05, 0) is 24.6 Å². The van der Waals surface area contributed by atoms with Crippen LogP contribution in [0.3, 0.4) is 0 Å². The molecule has 1 aromatic rings. The molecule has 18 heavy (non-hydrogen) atoms. The van der Waals surface area contributed by atoms with Gasteiger partial charge >= 0.3 is 5.97 Å². The first kappa shape index (κ1) is 14.0. The van der Waals surface area contributed by atoms with Gasteiger partial charge in [-0.15, -0.1) is 0 Å². The van der Waals surface area contributed by atoms with Crippen LogP contribution in [0.15, 0.2) is 18.2 Å². The van der Waals surface area contributed by atoms with Crippen LogP contribution in [-0.2, 0) is 9.53 Å². The number of hydrogen-bond acceptors (Lipinski definition) is 4. The third-order valence-electron chi connectivity index (χ3n) is 2.64. The van der Waals surface area contributed by atoms with Crippen molar-refractivity contribution < 1.29 is 14.3 Å². The van der Waals surface area contributed by atoms with Crippen molar-refractivity contribution in [2.45, 2.75) is 13.3 Å². The quantitative estimate of drug-likeness (QED) is 0.644. The predicted octanol–water partition coefficient (Wildman–Crippen LogP) is 1.21. The molecule has 1 amide bonds. The first-order chi connectivity index (χ1) is 8.43. The zero-order chi connectivity index (χ0) is 13.7. The second kappa shape index (κ2) is 6.05. The number of benzene rings is 1. The van der Waals surface area contributed by atoms with Gasteiger partial charge in [-0.1, -0.05) is 6.07 Å². The highest BCUT2D eigenvalue weighted by molar-refractivity contribution is 5.92. The van der Waals surface area contributed by atoms with Crippen LogP contribution in [0.25, 0.3) is 0 Å². The van der Waals surface area contributed by atoms with Gasteiger partial charge in [0.2, 0.25) is 5.91 Å². The van der Waals surface area contributed by atoms with Crippen molar-refractivity contribution in [3.05, 3.63) is 29.3 Å². The highest BCUT2D eigenvalue weighted by Gasteiger charge is 2.12. The number of nitrogens with zero attached hydrogens (tertiary/aromatic N) is 1. The van der Waals surface area contributed by atoms with Crippen molar-refractivity contribution in [3.8, 4) is 0 Å². The lowest BCUT2D eigenvalue weighted by molar-refractivity contribution is -0.129. The summed E-state index contributed by atoms with van der Waals surface area (Å²) in [6.07, 6.45) is 0.181. The molecule has 0 heterocycles. The molecule has 0 saturated carbocycles. The van der Waals surface area contributed by atoms with Gasteiger partial charge < -0.3 is 15.4 Å². The normalized spacial score (nSPS) is 9.94. The molecule has 0 spiro atoms. The lowest BCUT2D eigenvalue weighted by Gasteiger charge is -2.11. The smallest absolute Gasteiger partial charge is 0.338 e. The molecule has 0 radical (unpaired) electrons. The lowest BCUT2D eigenvalue weighted by Crippen LogP contribution is -2.23. The van der Waals surface area contributed by atoms with E-state index in [9.17, 15) is 9.59 Å². The van der Waals surface area contributed by atoms with E-state index in [4.69, 9.17) is 10.5 Å². The third-order valence-corrected chi connectivity index (χ3v) is 2.64. The van der Waals surface area contributed by atoms with Crippen LogP contribution in [0.2, 0.25) is 0 Å². The lowest BCUT2D eigenvalue weighted by atomic mass is 10.1. The number of anilines is 1. The molecule has 1 rings (SSSR count). The summed E-state index contributed by atoms with van der Waals surface area (Å²) in [5, 5.41) is 0. The molecule has 0 bridgehead atoms. The van der Waals surface area contributed by atoms with Crippen LogP contribution in [0, 0.1) is 6.92 Å². The van der Waals surface area contributed by atoms with E-state index in [1.54, 1.807) is 39.2 Å². The van der Waals surface area contributed by atoms with Crippen molar-refractivity contribution in [3.63, 3.8) is 0 Å². The van der Waals surface area contributed by atoms with Crippen molar-refractivity contribution in [2.75, 3.05) is 26.4 Å². The van der Waals surface area contributed by atoms with Crippen LogP contribution in [0.1, 0.15) is 22.3 Å². The van der Waals surface area contributed by atoms with E-state index < -0.39 is 5.97 Å². The highest BCUT2D eigenvalue weighted by atomic mass is 16.5. The molecule has 98 valence electrons. The van der Waals surface area contributed by atoms with E-state index >= 15 is 0 Å². The zero-order valence-corrected chi connectivity index (χ0v) is 10.9. The van der Waals surface area contributed by atoms with Gasteiger partial charge in [0.15, 0.2) is 0 Å². The monoisotopic (exact) mass is 250 g/mol. The Morgan fingerprint density at radius 1 is 1.33 bits per heavy atom. The maximum atomic E-state index is 11.8. The number of carbonyl (C=O) groups is 2. The molecule has 5 heteroatoms. The summed E-state index contributed by atoms with van der Waals surface area (Å²) < 4.78 is 5.04. The van der Waals surface area contributed by atoms with Crippen LogP contribution in [-0.4, -0.2) is 37.5 Å². The average Bonchev–Trinajstić information content (AvgIpc) is 2.32. The standard InChI is InChI=1S/C13H18N2O3/c1-9-10(5-4-6-11(9)14)13(17)18-8-7-12(16)15(2)3/h4-6H,7-8,14H2,1-3H3. The number of amides is 1. The molecule has 0 unspecified atom stereocenters. The summed E-state index contributed by atoms with van der Waals surface area (Å²) in [5.41, 5.74) is 7.39. The summed E-state index contributed by atoms with van der Waals surface area (Å²) in [5.74, 6) is -0.529. The Balaban J connectivity index is 2.56. The fourth-order valence-corrected chi connectivity index (χ4v) is 1.41. The molecule has 0 saturated heterocycles. The van der Waals surface area contributed by atoms with E-state index in [0.717, 1.165) is 0 Å². The molecule has 0 aliphatic carbocycles. The maximum Gasteiger partial charge on any atom is 0.338 e. The fourth-order valence-electron chi connectivity index (χ4n) is 1.41. The Hall–Kier alpha value is -2.04. The summed E-state index contributed by atoms with van der Waals surface area (Å²) in [7, 11) is 3.32. The van der Waals surface area contributed by atoms with Crippen molar-refractivity contribution >= 4 is 17.6 Å². The Morgan fingerprint density at radius 2 is 2.00 bits per heavy atom. The van der Waals surface area contributed by atoms with E-state index in [2.05, 4.69) is 0 Å². The van der Waals surface area contributed by atoms with Crippen molar-refractivity contribution in [1.82, 2.24) is 4.90 Å². The minimum absolute atomic E-state index is 0.0735. The number of carbonyl (C=O) groups excluding carboxylic acids is 2. The Kier molecular flexibility index (Phi) is 4.71. The zero-order valence-electron chi connectivity index (χ0n) is 10.9. The largest absolute Gasteiger partial charge is 0.462 e. The first-order valence-electron chi connectivity index (χ1n) is 5.66. The number of hydrogen-bond donors (Lipinski definition) is 1. The van der Waals surface area contributed by atoms with Gasteiger partial charge in [-0.3, -0.25) is 4.79 Å². The third kappa shape index (κ3) is 3.48. The number of esters is 1. The summed E-state index contributed by atoms with van der Waals surface area (Å²) in [6, 6.07) is 5.08. The Morgan fingerprint density at radius 3 is 2.61 bits per heavy atom. The van der Waals surface area contributed by atoms with Gasteiger partial charge in [0.25, 0.3) is 0 Å². The fraction of sp³-hybridized carbons (Fsp3) is 0.385. The molecule has 0 aliphatic rings. The predicted molar refractivity (Wildman–Crippen MR) is 69.2 cm³/mol. The SMILES string of the molecule is Cc1c(N)cccc1C(=O)OCCC(=O)N(C)C. The van der Waals surface area contributed by atoms with Gasteiger partial charge in [0.05, 0.1) is 12.0 Å². The van der Waals surface area contributed by atoms with Gasteiger partial charge in [-0.2, -0.15) is 0 Å². The molecule has 0 aliphatic heterocycles. The summed E-state index contributed by atoms with van der Waals surface area (Å²) in [6.45, 7) is 1.83. The number of nitrogens with two attached hydrogens (primary N) is 1. The van der Waals surface area contributed by atoms with Crippen molar-refractivity contribution in [2.24, 2.45) is 0 Å². The number of nitrogen functional groups attached to an aromatic ring is 1. The van der Waals surface area contributed by atoms with Crippen LogP contribution in [0.5, 0.6) is 0 Å². The number of ether oxygens (including phenoxy) is 1. The molecule has 2 N–H and O–H groups in total. The number of rotatable bonds is 4. The topological polar surface area (TPSA) is 72.6 Å². The van der Waals surface area contributed by atoms with E-state index in [-0.39, 0.29) is 18.9 Å². The van der Waals surface area contributed by atoms with Crippen LogP contribution in [0.4, 0.5) is 5.69 Å². The van der Waals surface area contributed by atoms with Crippen molar-refractivity contribution in [1.29, 1.82) is 0 Å². The molecule has 0 aromatic heterocycles. The highest BCUT2D eigenvalue weighted by Crippen LogP contribution is 2.16. The Bertz CT molecular complexity index is 456. The van der Waals surface area contributed by atoms with Gasteiger partial charge in [-0.25, -0.2) is 4.79 Å². The minimum Gasteiger partial charge on any atom is -0.462 e. The van der Waals surface area contributed by atoms with Crippen LogP contribution >= 0.6 is 0 Å². The molecular weight excluding hydrogens is 232 g/mol. The first-order valence-corrected chi connectivity index (χ1v) is 5.66. The molecule has 5 nitrogen and oxygen atoms in total. The second-order valence-electron chi connectivity index (χ2n) is 4.19. The van der Waals surface area contributed by atoms with Gasteiger partial charge in [0.1, 0.15) is 6.61 Å².